The lowest BCUT2D eigenvalue weighted by Gasteiger charge is -2.43. The maximum Gasteiger partial charge on any atom is 0.253 e. The van der Waals surface area contributed by atoms with Crippen molar-refractivity contribution in [2.45, 2.75) is 24.8 Å². The van der Waals surface area contributed by atoms with Crippen LogP contribution in [0.2, 0.25) is 5.02 Å². The fourth-order valence-electron chi connectivity index (χ4n) is 2.72. The first-order valence-corrected chi connectivity index (χ1v) is 7.32. The van der Waals surface area contributed by atoms with Crippen molar-refractivity contribution in [1.82, 2.24) is 5.32 Å². The second-order valence-electron chi connectivity index (χ2n) is 5.38. The van der Waals surface area contributed by atoms with Crippen molar-refractivity contribution >= 4 is 17.5 Å². The summed E-state index contributed by atoms with van der Waals surface area (Å²) in [5.41, 5.74) is 1.01. The van der Waals surface area contributed by atoms with Crippen molar-refractivity contribution in [3.05, 3.63) is 70.5 Å². The van der Waals surface area contributed by atoms with Gasteiger partial charge in [0.1, 0.15) is 5.82 Å². The quantitative estimate of drug-likeness (QED) is 0.900. The van der Waals surface area contributed by atoms with E-state index in [0.717, 1.165) is 24.8 Å². The minimum Gasteiger partial charge on any atom is -0.342 e. The number of carbonyl (C=O) groups excluding carboxylic acids is 1. The number of halogens is 2. The van der Waals surface area contributed by atoms with Gasteiger partial charge in [-0.05, 0) is 49.1 Å². The number of carbonyl (C=O) groups is 1. The third-order valence-electron chi connectivity index (χ3n) is 4.08. The number of nitrogens with one attached hydrogen (secondary N) is 1. The molecule has 0 spiro atoms. The molecule has 0 heterocycles. The summed E-state index contributed by atoms with van der Waals surface area (Å²) in [7, 11) is 0. The monoisotopic (exact) mass is 303 g/mol. The first-order chi connectivity index (χ1) is 10.1. The molecule has 1 aliphatic rings. The van der Waals surface area contributed by atoms with Gasteiger partial charge < -0.3 is 5.32 Å². The van der Waals surface area contributed by atoms with Crippen molar-refractivity contribution in [2.75, 3.05) is 0 Å². The molecule has 0 saturated heterocycles. The smallest absolute Gasteiger partial charge is 0.253 e. The highest BCUT2D eigenvalue weighted by atomic mass is 35.5. The van der Waals surface area contributed by atoms with E-state index in [-0.39, 0.29) is 11.7 Å². The Hall–Kier alpha value is -1.87. The van der Waals surface area contributed by atoms with E-state index in [4.69, 9.17) is 11.6 Å². The number of amides is 1. The lowest BCUT2D eigenvalue weighted by molar-refractivity contribution is 0.0823. The normalized spacial score (nSPS) is 16.1. The molecule has 1 aliphatic carbocycles. The number of hydrogen-bond donors (Lipinski definition) is 1. The average molecular weight is 304 g/mol. The SMILES string of the molecule is O=C(NC1(c2ccc(F)cc2)CCC1)c1ccccc1Cl. The number of benzene rings is 2. The fraction of sp³-hybridized carbons (Fsp3) is 0.235. The molecule has 0 atom stereocenters. The molecule has 108 valence electrons. The molecule has 0 bridgehead atoms. The van der Waals surface area contributed by atoms with Gasteiger partial charge in [-0.15, -0.1) is 0 Å². The third-order valence-corrected chi connectivity index (χ3v) is 4.40. The van der Waals surface area contributed by atoms with E-state index in [1.807, 2.05) is 0 Å². The van der Waals surface area contributed by atoms with E-state index in [1.54, 1.807) is 36.4 Å². The van der Waals surface area contributed by atoms with Gasteiger partial charge in [0, 0.05) is 0 Å². The molecule has 1 fully saturated rings. The Bertz CT molecular complexity index is 665. The Kier molecular flexibility index (Phi) is 3.68. The first-order valence-electron chi connectivity index (χ1n) is 6.94. The van der Waals surface area contributed by atoms with Crippen LogP contribution in [0.15, 0.2) is 48.5 Å². The molecule has 1 saturated carbocycles. The average Bonchev–Trinajstić information content (AvgIpc) is 2.44. The molecule has 0 radical (unpaired) electrons. The molecule has 21 heavy (non-hydrogen) atoms. The Morgan fingerprint density at radius 2 is 1.76 bits per heavy atom. The van der Waals surface area contributed by atoms with Crippen LogP contribution >= 0.6 is 11.6 Å². The topological polar surface area (TPSA) is 29.1 Å². The Labute approximate surface area is 127 Å². The molecule has 4 heteroatoms. The fourth-order valence-corrected chi connectivity index (χ4v) is 2.94. The van der Waals surface area contributed by atoms with Gasteiger partial charge in [-0.25, -0.2) is 4.39 Å². The maximum absolute atomic E-state index is 13.1. The Balaban J connectivity index is 1.86. The summed E-state index contributed by atoms with van der Waals surface area (Å²) in [6.07, 6.45) is 2.75. The van der Waals surface area contributed by atoms with Gasteiger partial charge in [0.2, 0.25) is 0 Å². The van der Waals surface area contributed by atoms with Gasteiger partial charge in [-0.3, -0.25) is 4.79 Å². The molecule has 2 aromatic rings. The molecular formula is C17H15ClFNO. The number of rotatable bonds is 3. The number of hydrogen-bond acceptors (Lipinski definition) is 1. The van der Waals surface area contributed by atoms with E-state index in [9.17, 15) is 9.18 Å². The first kappa shape index (κ1) is 14.1. The van der Waals surface area contributed by atoms with Gasteiger partial charge in [0.25, 0.3) is 5.91 Å². The zero-order chi connectivity index (χ0) is 14.9. The highest BCUT2D eigenvalue weighted by Gasteiger charge is 2.40. The van der Waals surface area contributed by atoms with Crippen molar-refractivity contribution < 1.29 is 9.18 Å². The minimum atomic E-state index is -0.399. The molecule has 0 aromatic heterocycles. The largest absolute Gasteiger partial charge is 0.342 e. The summed E-state index contributed by atoms with van der Waals surface area (Å²) in [4.78, 5) is 12.4. The van der Waals surface area contributed by atoms with Gasteiger partial charge in [-0.2, -0.15) is 0 Å². The van der Waals surface area contributed by atoms with Crippen LogP contribution in [0.4, 0.5) is 4.39 Å². The van der Waals surface area contributed by atoms with Crippen LogP contribution in [0.1, 0.15) is 35.2 Å². The van der Waals surface area contributed by atoms with Crippen LogP contribution in [-0.2, 0) is 5.54 Å². The predicted molar refractivity (Wildman–Crippen MR) is 80.8 cm³/mol. The van der Waals surface area contributed by atoms with Crippen LogP contribution in [0.3, 0.4) is 0 Å². The molecule has 0 aliphatic heterocycles. The van der Waals surface area contributed by atoms with Gasteiger partial charge >= 0.3 is 0 Å². The van der Waals surface area contributed by atoms with Crippen molar-refractivity contribution in [2.24, 2.45) is 0 Å². The summed E-state index contributed by atoms with van der Waals surface area (Å²) in [5, 5.41) is 3.51. The van der Waals surface area contributed by atoms with E-state index in [0.29, 0.717) is 10.6 Å². The molecule has 1 N–H and O–H groups in total. The molecular weight excluding hydrogens is 289 g/mol. The lowest BCUT2D eigenvalue weighted by Crippen LogP contribution is -2.50. The van der Waals surface area contributed by atoms with Gasteiger partial charge in [0.05, 0.1) is 16.1 Å². The minimum absolute atomic E-state index is 0.190. The van der Waals surface area contributed by atoms with Gasteiger partial charge in [-0.1, -0.05) is 35.9 Å². The van der Waals surface area contributed by atoms with Crippen LogP contribution in [0, 0.1) is 5.82 Å². The van der Waals surface area contributed by atoms with Crippen molar-refractivity contribution in [1.29, 1.82) is 0 Å². The standard InChI is InChI=1S/C17H15ClFNO/c18-15-5-2-1-4-14(15)16(21)20-17(10-3-11-17)12-6-8-13(19)9-7-12/h1-2,4-9H,3,10-11H2,(H,20,21). The molecule has 3 rings (SSSR count). The van der Waals surface area contributed by atoms with E-state index < -0.39 is 5.54 Å². The van der Waals surface area contributed by atoms with E-state index in [1.165, 1.54) is 12.1 Å². The molecule has 1 amide bonds. The van der Waals surface area contributed by atoms with Crippen LogP contribution in [0.5, 0.6) is 0 Å². The van der Waals surface area contributed by atoms with E-state index >= 15 is 0 Å². The Morgan fingerprint density at radius 3 is 2.33 bits per heavy atom. The lowest BCUT2D eigenvalue weighted by atomic mass is 9.71. The maximum atomic E-state index is 13.1. The molecule has 2 aromatic carbocycles. The molecule has 0 unspecified atom stereocenters. The highest BCUT2D eigenvalue weighted by Crippen LogP contribution is 2.41. The summed E-state index contributed by atoms with van der Waals surface area (Å²) < 4.78 is 13.1. The zero-order valence-corrected chi connectivity index (χ0v) is 12.2. The second kappa shape index (κ2) is 5.49. The second-order valence-corrected chi connectivity index (χ2v) is 5.78. The summed E-state index contributed by atoms with van der Waals surface area (Å²) in [6, 6.07) is 13.3. The summed E-state index contributed by atoms with van der Waals surface area (Å²) in [5.74, 6) is -0.463. The van der Waals surface area contributed by atoms with Crippen LogP contribution < -0.4 is 5.32 Å². The zero-order valence-electron chi connectivity index (χ0n) is 11.4. The van der Waals surface area contributed by atoms with Crippen LogP contribution in [0.25, 0.3) is 0 Å². The van der Waals surface area contributed by atoms with Crippen molar-refractivity contribution in [3.8, 4) is 0 Å². The predicted octanol–water partition coefficient (Wildman–Crippen LogP) is 4.29. The molecule has 2 nitrogen and oxygen atoms in total. The third kappa shape index (κ3) is 2.66. The summed E-state index contributed by atoms with van der Waals surface area (Å²) >= 11 is 6.07. The van der Waals surface area contributed by atoms with Crippen molar-refractivity contribution in [3.63, 3.8) is 0 Å². The Morgan fingerprint density at radius 1 is 1.10 bits per heavy atom. The highest BCUT2D eigenvalue weighted by molar-refractivity contribution is 6.33. The van der Waals surface area contributed by atoms with Crippen LogP contribution in [-0.4, -0.2) is 5.91 Å². The van der Waals surface area contributed by atoms with Gasteiger partial charge in [0.15, 0.2) is 0 Å². The van der Waals surface area contributed by atoms with E-state index in [2.05, 4.69) is 5.32 Å². The summed E-state index contributed by atoms with van der Waals surface area (Å²) in [6.45, 7) is 0.